The molecule has 3 aromatic rings. The van der Waals surface area contributed by atoms with Crippen LogP contribution < -0.4 is 5.32 Å². The van der Waals surface area contributed by atoms with Gasteiger partial charge in [0.05, 0.1) is 28.9 Å². The Morgan fingerprint density at radius 1 is 1.10 bits per heavy atom. The van der Waals surface area contributed by atoms with E-state index in [2.05, 4.69) is 5.32 Å². The lowest BCUT2D eigenvalue weighted by Crippen LogP contribution is -2.28. The Morgan fingerprint density at radius 3 is 2.57 bits per heavy atom. The first kappa shape index (κ1) is 19.3. The molecule has 0 bridgehead atoms. The number of halogens is 1. The van der Waals surface area contributed by atoms with E-state index >= 15 is 0 Å². The van der Waals surface area contributed by atoms with Gasteiger partial charge in [-0.25, -0.2) is 0 Å². The number of fused-ring (bicyclic) bond motifs is 1. The zero-order chi connectivity index (χ0) is 21.4. The number of benzene rings is 2. The summed E-state index contributed by atoms with van der Waals surface area (Å²) in [5.41, 5.74) is 0.218. The fraction of sp³-hybridized carbons (Fsp3) is 0.0500. The van der Waals surface area contributed by atoms with Crippen molar-refractivity contribution in [2.45, 2.75) is 6.54 Å². The van der Waals surface area contributed by atoms with Crippen LogP contribution in [-0.4, -0.2) is 27.5 Å². The van der Waals surface area contributed by atoms with Crippen molar-refractivity contribution in [3.63, 3.8) is 0 Å². The molecule has 1 aromatic heterocycles. The average molecular weight is 426 g/mol. The molecule has 0 spiro atoms. The lowest BCUT2D eigenvalue weighted by Gasteiger charge is -2.11. The normalized spacial score (nSPS) is 12.8. The molecule has 0 atom stereocenters. The van der Waals surface area contributed by atoms with Crippen molar-refractivity contribution in [1.29, 1.82) is 0 Å². The van der Waals surface area contributed by atoms with Crippen LogP contribution in [0.3, 0.4) is 0 Å². The average Bonchev–Trinajstić information content (AvgIpc) is 3.32. The number of amides is 3. The summed E-state index contributed by atoms with van der Waals surface area (Å²) in [5, 5.41) is 13.5. The molecule has 3 amide bonds. The van der Waals surface area contributed by atoms with E-state index in [-0.39, 0.29) is 39.6 Å². The Labute approximate surface area is 174 Å². The molecule has 10 heteroatoms. The van der Waals surface area contributed by atoms with Gasteiger partial charge in [0, 0.05) is 17.3 Å². The highest BCUT2D eigenvalue weighted by Gasteiger charge is 2.36. The predicted molar refractivity (Wildman–Crippen MR) is 105 cm³/mol. The maximum Gasteiger partial charge on any atom is 0.289 e. The van der Waals surface area contributed by atoms with E-state index in [1.165, 1.54) is 36.6 Å². The minimum absolute atomic E-state index is 0.0185. The van der Waals surface area contributed by atoms with Crippen LogP contribution >= 0.6 is 11.6 Å². The van der Waals surface area contributed by atoms with Crippen LogP contribution in [0.25, 0.3) is 0 Å². The van der Waals surface area contributed by atoms with Crippen molar-refractivity contribution in [3.8, 4) is 0 Å². The Hall–Kier alpha value is -3.98. The van der Waals surface area contributed by atoms with Gasteiger partial charge in [0.25, 0.3) is 23.4 Å². The molecular formula is C20H12ClN3O6. The summed E-state index contributed by atoms with van der Waals surface area (Å²) in [6.07, 6.45) is 1.44. The second kappa shape index (κ2) is 7.45. The van der Waals surface area contributed by atoms with E-state index < -0.39 is 22.6 Å². The third-order valence-corrected chi connectivity index (χ3v) is 4.85. The molecule has 2 heterocycles. The highest BCUT2D eigenvalue weighted by Crippen LogP contribution is 2.29. The molecular weight excluding hydrogens is 414 g/mol. The third-order valence-electron chi connectivity index (χ3n) is 4.53. The van der Waals surface area contributed by atoms with Gasteiger partial charge >= 0.3 is 0 Å². The van der Waals surface area contributed by atoms with Crippen molar-refractivity contribution in [3.05, 3.63) is 92.4 Å². The highest BCUT2D eigenvalue weighted by molar-refractivity contribution is 6.32. The van der Waals surface area contributed by atoms with Crippen LogP contribution in [0, 0.1) is 10.1 Å². The Morgan fingerprint density at radius 2 is 1.87 bits per heavy atom. The van der Waals surface area contributed by atoms with Gasteiger partial charge in [-0.05, 0) is 42.5 Å². The molecule has 1 aliphatic heterocycles. The first-order chi connectivity index (χ1) is 14.3. The maximum absolute atomic E-state index is 12.7. The van der Waals surface area contributed by atoms with Gasteiger partial charge in [-0.1, -0.05) is 11.6 Å². The fourth-order valence-electron chi connectivity index (χ4n) is 3.07. The third kappa shape index (κ3) is 3.42. The molecule has 1 N–H and O–H groups in total. The van der Waals surface area contributed by atoms with Crippen LogP contribution in [0.2, 0.25) is 5.02 Å². The minimum Gasteiger partial charge on any atom is -0.467 e. The molecule has 1 aliphatic rings. The van der Waals surface area contributed by atoms with Gasteiger partial charge in [-0.3, -0.25) is 29.4 Å². The molecule has 0 saturated heterocycles. The Bertz CT molecular complexity index is 1210. The number of imide groups is 1. The topological polar surface area (TPSA) is 123 Å². The van der Waals surface area contributed by atoms with E-state index in [1.54, 1.807) is 12.1 Å². The first-order valence-electron chi connectivity index (χ1n) is 8.63. The monoisotopic (exact) mass is 425 g/mol. The molecule has 0 aliphatic carbocycles. The predicted octanol–water partition coefficient (Wildman–Crippen LogP) is 3.89. The van der Waals surface area contributed by atoms with Gasteiger partial charge in [0.1, 0.15) is 10.8 Å². The van der Waals surface area contributed by atoms with Gasteiger partial charge in [0.2, 0.25) is 0 Å². The summed E-state index contributed by atoms with van der Waals surface area (Å²) < 4.78 is 5.19. The number of nitro benzene ring substituents is 1. The summed E-state index contributed by atoms with van der Waals surface area (Å²) in [4.78, 5) is 49.1. The van der Waals surface area contributed by atoms with Gasteiger partial charge in [-0.15, -0.1) is 0 Å². The minimum atomic E-state index is -0.661. The van der Waals surface area contributed by atoms with Crippen LogP contribution in [0.15, 0.2) is 59.2 Å². The van der Waals surface area contributed by atoms with Crippen molar-refractivity contribution < 1.29 is 23.7 Å². The van der Waals surface area contributed by atoms with Crippen molar-refractivity contribution in [2.24, 2.45) is 0 Å². The lowest BCUT2D eigenvalue weighted by molar-refractivity contribution is -0.384. The van der Waals surface area contributed by atoms with E-state index in [0.717, 1.165) is 11.0 Å². The number of carbonyl (C=O) groups is 3. The summed E-state index contributed by atoms with van der Waals surface area (Å²) in [7, 11) is 0. The Balaban J connectivity index is 1.57. The summed E-state index contributed by atoms with van der Waals surface area (Å²) in [5.74, 6) is -1.17. The van der Waals surface area contributed by atoms with Crippen LogP contribution in [-0.2, 0) is 6.54 Å². The van der Waals surface area contributed by atoms with E-state index in [0.29, 0.717) is 5.76 Å². The molecule has 4 rings (SSSR count). The molecule has 0 saturated carbocycles. The standard InChI is InChI=1S/C20H12ClN3O6/c21-16-6-4-12(9-17(16)24(28)29)22-18(25)11-3-5-14-15(8-11)20(27)23(19(14)26)10-13-2-1-7-30-13/h1-9H,10H2,(H,22,25). The maximum atomic E-state index is 12.7. The van der Waals surface area contributed by atoms with Crippen LogP contribution in [0.4, 0.5) is 11.4 Å². The van der Waals surface area contributed by atoms with Crippen molar-refractivity contribution in [1.82, 2.24) is 4.90 Å². The number of furan rings is 1. The number of nitro groups is 1. The number of carbonyl (C=O) groups excluding carboxylic acids is 3. The van der Waals surface area contributed by atoms with Gasteiger partial charge in [0.15, 0.2) is 0 Å². The molecule has 150 valence electrons. The number of nitrogens with zero attached hydrogens (tertiary/aromatic N) is 2. The number of nitrogens with one attached hydrogen (secondary N) is 1. The van der Waals surface area contributed by atoms with Crippen molar-refractivity contribution >= 4 is 40.7 Å². The zero-order valence-corrected chi connectivity index (χ0v) is 15.9. The molecule has 9 nitrogen and oxygen atoms in total. The van der Waals surface area contributed by atoms with Gasteiger partial charge in [-0.2, -0.15) is 0 Å². The summed E-state index contributed by atoms with van der Waals surface area (Å²) >= 11 is 5.77. The van der Waals surface area contributed by atoms with Crippen molar-refractivity contribution in [2.75, 3.05) is 5.32 Å². The SMILES string of the molecule is O=C(Nc1ccc(Cl)c([N+](=O)[O-])c1)c1ccc2c(c1)C(=O)N(Cc1ccco1)C2=O. The van der Waals surface area contributed by atoms with Crippen LogP contribution in [0.5, 0.6) is 0 Å². The van der Waals surface area contributed by atoms with Crippen LogP contribution in [0.1, 0.15) is 36.8 Å². The van der Waals surface area contributed by atoms with E-state index in [9.17, 15) is 24.5 Å². The number of anilines is 1. The van der Waals surface area contributed by atoms with Gasteiger partial charge < -0.3 is 9.73 Å². The number of hydrogen-bond acceptors (Lipinski definition) is 6. The number of hydrogen-bond donors (Lipinski definition) is 1. The molecule has 0 unspecified atom stereocenters. The largest absolute Gasteiger partial charge is 0.467 e. The molecule has 30 heavy (non-hydrogen) atoms. The quantitative estimate of drug-likeness (QED) is 0.376. The van der Waals surface area contributed by atoms with E-state index in [1.807, 2.05) is 0 Å². The highest BCUT2D eigenvalue weighted by atomic mass is 35.5. The summed E-state index contributed by atoms with van der Waals surface area (Å²) in [6.45, 7) is -0.0185. The first-order valence-corrected chi connectivity index (χ1v) is 9.01. The molecule has 0 fully saturated rings. The zero-order valence-electron chi connectivity index (χ0n) is 15.1. The van der Waals surface area contributed by atoms with E-state index in [4.69, 9.17) is 16.0 Å². The second-order valence-electron chi connectivity index (χ2n) is 6.41. The Kier molecular flexibility index (Phi) is 4.80. The lowest BCUT2D eigenvalue weighted by atomic mass is 10.1. The summed E-state index contributed by atoms with van der Waals surface area (Å²) in [6, 6.07) is 11.3. The molecule has 0 radical (unpaired) electrons. The second-order valence-corrected chi connectivity index (χ2v) is 6.82. The number of rotatable bonds is 5. The fourth-order valence-corrected chi connectivity index (χ4v) is 3.25. The smallest absolute Gasteiger partial charge is 0.289 e. The molecule has 2 aromatic carbocycles.